The van der Waals surface area contributed by atoms with Gasteiger partial charge in [0.2, 0.25) is 5.43 Å². The van der Waals surface area contributed by atoms with Gasteiger partial charge in [-0.1, -0.05) is 59.8 Å². The molecule has 4 rings (SSSR count). The van der Waals surface area contributed by atoms with Gasteiger partial charge in [-0.15, -0.1) is 0 Å². The Morgan fingerprint density at radius 3 is 2.56 bits per heavy atom. The first-order chi connectivity index (χ1) is 11.9. The first-order valence-corrected chi connectivity index (χ1v) is 8.37. The molecule has 124 valence electrons. The number of nitrogens with zero attached hydrogens (tertiary/aromatic N) is 1. The lowest BCUT2D eigenvalue weighted by Gasteiger charge is -2.16. The second-order valence-electron chi connectivity index (χ2n) is 5.46. The quantitative estimate of drug-likeness (QED) is 0.581. The van der Waals surface area contributed by atoms with E-state index in [0.717, 1.165) is 17.4 Å². The van der Waals surface area contributed by atoms with E-state index in [1.54, 1.807) is 30.3 Å². The number of carbonyl (C=O) groups is 1. The van der Waals surface area contributed by atoms with Gasteiger partial charge in [0, 0.05) is 5.56 Å². The molecule has 0 saturated heterocycles. The minimum absolute atomic E-state index is 0.0536. The van der Waals surface area contributed by atoms with Crippen LogP contribution in [0.1, 0.15) is 10.4 Å². The summed E-state index contributed by atoms with van der Waals surface area (Å²) in [4.78, 5) is 24.3. The molecule has 2 aromatic heterocycles. The van der Waals surface area contributed by atoms with Crippen LogP contribution in [0.5, 0.6) is 0 Å². The lowest BCUT2D eigenvalue weighted by Crippen LogP contribution is -2.25. The molecule has 0 atom stereocenters. The summed E-state index contributed by atoms with van der Waals surface area (Å²) < 4.78 is 16.7. The molecule has 0 fully saturated rings. The number of aromatic carboxylic acids is 1. The summed E-state index contributed by atoms with van der Waals surface area (Å²) in [6.07, 6.45) is 0. The predicted molar refractivity (Wildman–Crippen MR) is 97.2 cm³/mol. The first-order valence-electron chi connectivity index (χ1n) is 7.18. The summed E-state index contributed by atoms with van der Waals surface area (Å²) in [5.41, 5.74) is -0.150. The van der Waals surface area contributed by atoms with Crippen LogP contribution in [0.15, 0.2) is 41.2 Å². The summed E-state index contributed by atoms with van der Waals surface area (Å²) in [7, 11) is 0. The molecule has 25 heavy (non-hydrogen) atoms. The van der Waals surface area contributed by atoms with Crippen LogP contribution in [-0.2, 0) is 0 Å². The van der Waals surface area contributed by atoms with E-state index in [4.69, 9.17) is 11.6 Å². The van der Waals surface area contributed by atoms with Crippen LogP contribution >= 0.6 is 22.9 Å². The number of rotatable bonds is 2. The van der Waals surface area contributed by atoms with Crippen molar-refractivity contribution >= 4 is 51.2 Å². The highest BCUT2D eigenvalue weighted by molar-refractivity contribution is 7.17. The lowest BCUT2D eigenvalue weighted by atomic mass is 10.0. The Balaban J connectivity index is 2.25. The van der Waals surface area contributed by atoms with Crippen molar-refractivity contribution in [1.82, 2.24) is 4.40 Å². The van der Waals surface area contributed by atoms with E-state index in [-0.39, 0.29) is 26.3 Å². The van der Waals surface area contributed by atoms with Crippen molar-refractivity contribution in [3.8, 4) is 11.1 Å². The van der Waals surface area contributed by atoms with Gasteiger partial charge in [0.25, 0.3) is 0 Å². The molecule has 0 saturated carbocycles. The molecule has 1 N–H and O–H groups in total. The third kappa shape index (κ3) is 2.11. The van der Waals surface area contributed by atoms with Crippen molar-refractivity contribution < 1.29 is 14.3 Å². The van der Waals surface area contributed by atoms with Crippen molar-refractivity contribution in [3.63, 3.8) is 0 Å². The smallest absolute Gasteiger partial charge is 0.342 e. The Bertz CT molecular complexity index is 1280. The number of hydrogen-bond donors (Lipinski definition) is 1. The number of fused-ring (bicyclic) bond motifs is 3. The third-order valence-corrected chi connectivity index (χ3v) is 5.41. The molecule has 4 nitrogen and oxygen atoms in total. The number of pyridine rings is 1. The standard InChI is InChI=1S/C18H9ClFNO3S/c1-8-21-15-10(16(22)13(18(23)24)17(21)25-8)7-11(20)12(14(15)19)9-5-3-2-4-6-9/h2-7H,1H2,(H,23,24). The molecule has 0 radical (unpaired) electrons. The van der Waals surface area contributed by atoms with Crippen LogP contribution in [0.2, 0.25) is 5.02 Å². The van der Waals surface area contributed by atoms with Crippen LogP contribution in [0.3, 0.4) is 0 Å². The van der Waals surface area contributed by atoms with Gasteiger partial charge in [0.05, 0.1) is 20.6 Å². The Morgan fingerprint density at radius 1 is 1.28 bits per heavy atom. The largest absolute Gasteiger partial charge is 0.477 e. The average Bonchev–Trinajstić information content (AvgIpc) is 2.56. The molecule has 0 unspecified atom stereocenters. The van der Waals surface area contributed by atoms with Crippen molar-refractivity contribution in [1.29, 1.82) is 0 Å². The Kier molecular flexibility index (Phi) is 3.42. The number of aromatic nitrogens is 1. The van der Waals surface area contributed by atoms with E-state index >= 15 is 0 Å². The molecular formula is C18H9ClFNO3S. The third-order valence-electron chi connectivity index (χ3n) is 4.04. The van der Waals surface area contributed by atoms with Crippen molar-refractivity contribution in [2.75, 3.05) is 0 Å². The zero-order valence-electron chi connectivity index (χ0n) is 12.5. The molecule has 0 aliphatic heterocycles. The van der Waals surface area contributed by atoms with Gasteiger partial charge in [-0.2, -0.15) is 0 Å². The molecule has 0 aliphatic carbocycles. The second kappa shape index (κ2) is 5.40. The summed E-state index contributed by atoms with van der Waals surface area (Å²) >= 11 is 7.55. The van der Waals surface area contributed by atoms with Gasteiger partial charge in [-0.25, -0.2) is 9.18 Å². The maximum atomic E-state index is 14.7. The van der Waals surface area contributed by atoms with Gasteiger partial charge in [-0.3, -0.25) is 9.20 Å². The maximum Gasteiger partial charge on any atom is 0.342 e. The summed E-state index contributed by atoms with van der Waals surface area (Å²) in [6, 6.07) is 9.76. The van der Waals surface area contributed by atoms with Gasteiger partial charge in [0.15, 0.2) is 0 Å². The van der Waals surface area contributed by atoms with E-state index in [1.165, 1.54) is 4.40 Å². The number of hydrogen-bond acceptors (Lipinski definition) is 3. The Hall–Kier alpha value is -2.70. The molecular weight excluding hydrogens is 365 g/mol. The summed E-state index contributed by atoms with van der Waals surface area (Å²) in [6.45, 7) is 3.83. The van der Waals surface area contributed by atoms with Crippen molar-refractivity contribution in [3.05, 3.63) is 67.7 Å². The van der Waals surface area contributed by atoms with E-state index in [0.29, 0.717) is 10.2 Å². The Morgan fingerprint density at radius 2 is 1.96 bits per heavy atom. The van der Waals surface area contributed by atoms with Crippen LogP contribution in [-0.4, -0.2) is 15.5 Å². The van der Waals surface area contributed by atoms with E-state index < -0.39 is 22.8 Å². The zero-order chi connectivity index (χ0) is 17.9. The number of carboxylic acids is 1. The van der Waals surface area contributed by atoms with Crippen LogP contribution < -0.4 is 10.1 Å². The van der Waals surface area contributed by atoms with Crippen molar-refractivity contribution in [2.24, 2.45) is 0 Å². The molecule has 0 aliphatic rings. The van der Waals surface area contributed by atoms with Crippen LogP contribution in [0.4, 0.5) is 4.39 Å². The first kappa shape index (κ1) is 15.8. The molecule has 4 aromatic rings. The number of halogens is 2. The fraction of sp³-hybridized carbons (Fsp3) is 0. The fourth-order valence-corrected chi connectivity index (χ4v) is 4.28. The molecule has 0 bridgehead atoms. The normalized spacial score (nSPS) is 11.4. The summed E-state index contributed by atoms with van der Waals surface area (Å²) in [5.74, 6) is -2.05. The Labute approximate surface area is 149 Å². The summed E-state index contributed by atoms with van der Waals surface area (Å²) in [5, 5.41) is 9.31. The van der Waals surface area contributed by atoms with E-state index in [2.05, 4.69) is 6.58 Å². The molecule has 2 aromatic carbocycles. The maximum absolute atomic E-state index is 14.7. The molecule has 2 heterocycles. The number of carboxylic acid groups (broad SMARTS) is 1. The SMILES string of the molecule is C=c1sc2c(C(=O)O)c(=O)c3cc(F)c(-c4ccccc4)c(Cl)c3n12. The number of benzene rings is 2. The monoisotopic (exact) mass is 373 g/mol. The second-order valence-corrected chi connectivity index (χ2v) is 6.90. The molecule has 7 heteroatoms. The molecule has 0 amide bonds. The average molecular weight is 374 g/mol. The topological polar surface area (TPSA) is 58.8 Å². The predicted octanol–water partition coefficient (Wildman–Crippen LogP) is 3.80. The minimum Gasteiger partial charge on any atom is -0.477 e. The van der Waals surface area contributed by atoms with E-state index in [9.17, 15) is 19.1 Å². The van der Waals surface area contributed by atoms with E-state index in [1.807, 2.05) is 0 Å². The van der Waals surface area contributed by atoms with Gasteiger partial charge >= 0.3 is 5.97 Å². The highest BCUT2D eigenvalue weighted by atomic mass is 35.5. The minimum atomic E-state index is -1.36. The van der Waals surface area contributed by atoms with Gasteiger partial charge in [0.1, 0.15) is 16.2 Å². The molecule has 0 spiro atoms. The fourth-order valence-electron chi connectivity index (χ4n) is 2.96. The van der Waals surface area contributed by atoms with Gasteiger partial charge in [-0.05, 0) is 11.6 Å². The lowest BCUT2D eigenvalue weighted by molar-refractivity contribution is 0.0697. The zero-order valence-corrected chi connectivity index (χ0v) is 14.1. The van der Waals surface area contributed by atoms with Crippen molar-refractivity contribution in [2.45, 2.75) is 0 Å². The van der Waals surface area contributed by atoms with Crippen LogP contribution in [0, 0.1) is 5.82 Å². The van der Waals surface area contributed by atoms with Gasteiger partial charge < -0.3 is 5.11 Å². The highest BCUT2D eigenvalue weighted by Gasteiger charge is 2.25. The highest BCUT2D eigenvalue weighted by Crippen LogP contribution is 2.37. The van der Waals surface area contributed by atoms with Crippen LogP contribution in [0.25, 0.3) is 33.4 Å².